The largest absolute Gasteiger partial charge is 0.377 e. The third-order valence-electron chi connectivity index (χ3n) is 3.26. The molecule has 1 aliphatic heterocycles. The van der Waals surface area contributed by atoms with Gasteiger partial charge in [0.15, 0.2) is 11.6 Å². The second-order valence-electron chi connectivity index (χ2n) is 4.69. The van der Waals surface area contributed by atoms with Gasteiger partial charge in [-0.15, -0.1) is 0 Å². The van der Waals surface area contributed by atoms with Crippen LogP contribution in [0.4, 0.5) is 8.78 Å². The molecule has 1 aromatic rings. The van der Waals surface area contributed by atoms with E-state index in [-0.39, 0.29) is 18.2 Å². The van der Waals surface area contributed by atoms with Crippen LogP contribution in [0.15, 0.2) is 17.0 Å². The summed E-state index contributed by atoms with van der Waals surface area (Å²) < 4.78 is 59.0. The van der Waals surface area contributed by atoms with Crippen molar-refractivity contribution in [2.24, 2.45) is 5.73 Å². The Kier molecular flexibility index (Phi) is 4.38. The molecule has 2 atom stereocenters. The van der Waals surface area contributed by atoms with Gasteiger partial charge in [-0.1, -0.05) is 0 Å². The summed E-state index contributed by atoms with van der Waals surface area (Å²) in [4.78, 5) is -0.725. The number of hydrogen-bond acceptors (Lipinski definition) is 4. The van der Waals surface area contributed by atoms with Gasteiger partial charge in [0.25, 0.3) is 0 Å². The summed E-state index contributed by atoms with van der Waals surface area (Å²) in [7, 11) is -4.16. The monoisotopic (exact) mass is 306 g/mol. The van der Waals surface area contributed by atoms with Crippen molar-refractivity contribution in [3.8, 4) is 0 Å². The molecule has 1 fully saturated rings. The van der Waals surface area contributed by atoms with E-state index in [2.05, 4.69) is 4.72 Å². The summed E-state index contributed by atoms with van der Waals surface area (Å²) in [6.07, 6.45) is 0.177. The van der Waals surface area contributed by atoms with Crippen LogP contribution < -0.4 is 10.5 Å². The molecule has 2 rings (SSSR count). The topological polar surface area (TPSA) is 81.4 Å². The Morgan fingerprint density at radius 2 is 2.15 bits per heavy atom. The van der Waals surface area contributed by atoms with Gasteiger partial charge >= 0.3 is 0 Å². The van der Waals surface area contributed by atoms with Crippen molar-refractivity contribution in [1.29, 1.82) is 0 Å². The number of nitrogens with two attached hydrogens (primary N) is 1. The van der Waals surface area contributed by atoms with E-state index in [1.165, 1.54) is 0 Å². The van der Waals surface area contributed by atoms with E-state index in [4.69, 9.17) is 10.5 Å². The lowest BCUT2D eigenvalue weighted by Gasteiger charge is -2.17. The molecule has 0 aromatic heterocycles. The zero-order valence-corrected chi connectivity index (χ0v) is 11.7. The number of rotatable bonds is 4. The van der Waals surface area contributed by atoms with Crippen molar-refractivity contribution in [1.82, 2.24) is 4.72 Å². The molecule has 0 amide bonds. The Bertz CT molecular complexity index is 607. The maximum Gasteiger partial charge on any atom is 0.243 e. The summed E-state index contributed by atoms with van der Waals surface area (Å²) in [6, 6.07) is 1.47. The van der Waals surface area contributed by atoms with E-state index >= 15 is 0 Å². The van der Waals surface area contributed by atoms with Crippen LogP contribution in [0.2, 0.25) is 0 Å². The van der Waals surface area contributed by atoms with Gasteiger partial charge in [-0.05, 0) is 31.0 Å². The third kappa shape index (κ3) is 2.98. The average Bonchev–Trinajstić information content (AvgIpc) is 2.77. The zero-order chi connectivity index (χ0) is 14.9. The van der Waals surface area contributed by atoms with Gasteiger partial charge in [0.1, 0.15) is 4.90 Å². The van der Waals surface area contributed by atoms with E-state index < -0.39 is 32.6 Å². The standard InChI is InChI=1S/C12H16F2N2O3S/c1-7-10(2-3-19-7)16-20(17,18)11-5-8(6-15)4-9(13)12(11)14/h4-5,7,10,16H,2-3,6,15H2,1H3. The number of sulfonamides is 1. The summed E-state index contributed by atoms with van der Waals surface area (Å²) >= 11 is 0. The summed E-state index contributed by atoms with van der Waals surface area (Å²) in [5, 5.41) is 0. The molecule has 8 heteroatoms. The molecule has 0 spiro atoms. The van der Waals surface area contributed by atoms with Crippen LogP contribution in [-0.4, -0.2) is 27.2 Å². The number of benzene rings is 1. The van der Waals surface area contributed by atoms with Gasteiger partial charge in [-0.2, -0.15) is 0 Å². The van der Waals surface area contributed by atoms with Crippen molar-refractivity contribution in [2.75, 3.05) is 6.61 Å². The average molecular weight is 306 g/mol. The maximum atomic E-state index is 13.7. The molecule has 0 radical (unpaired) electrons. The van der Waals surface area contributed by atoms with E-state index in [0.717, 1.165) is 12.1 Å². The second kappa shape index (κ2) is 5.72. The van der Waals surface area contributed by atoms with Crippen LogP contribution in [0.25, 0.3) is 0 Å². The van der Waals surface area contributed by atoms with Gasteiger partial charge < -0.3 is 10.5 Å². The Balaban J connectivity index is 2.36. The molecule has 20 heavy (non-hydrogen) atoms. The molecule has 1 heterocycles. The van der Waals surface area contributed by atoms with Gasteiger partial charge in [-0.25, -0.2) is 21.9 Å². The quantitative estimate of drug-likeness (QED) is 0.865. The summed E-state index contributed by atoms with van der Waals surface area (Å²) in [5.41, 5.74) is 5.55. The molecular weight excluding hydrogens is 290 g/mol. The van der Waals surface area contributed by atoms with E-state index in [0.29, 0.717) is 13.0 Å². The molecule has 1 aliphatic rings. The molecule has 5 nitrogen and oxygen atoms in total. The minimum Gasteiger partial charge on any atom is -0.377 e. The predicted molar refractivity (Wildman–Crippen MR) is 68.4 cm³/mol. The number of ether oxygens (including phenoxy) is 1. The van der Waals surface area contributed by atoms with Crippen molar-refractivity contribution in [2.45, 2.75) is 36.9 Å². The molecule has 3 N–H and O–H groups in total. The van der Waals surface area contributed by atoms with Crippen molar-refractivity contribution in [3.63, 3.8) is 0 Å². The minimum atomic E-state index is -4.16. The second-order valence-corrected chi connectivity index (χ2v) is 6.37. The fraction of sp³-hybridized carbons (Fsp3) is 0.500. The van der Waals surface area contributed by atoms with E-state index in [1.54, 1.807) is 6.92 Å². The van der Waals surface area contributed by atoms with Crippen molar-refractivity contribution >= 4 is 10.0 Å². The Labute approximate surface area is 116 Å². The van der Waals surface area contributed by atoms with Crippen LogP contribution >= 0.6 is 0 Å². The van der Waals surface area contributed by atoms with Crippen molar-refractivity contribution < 1.29 is 21.9 Å². The molecule has 112 valence electrons. The van der Waals surface area contributed by atoms with Crippen LogP contribution in [-0.2, 0) is 21.3 Å². The van der Waals surface area contributed by atoms with Crippen LogP contribution in [0.5, 0.6) is 0 Å². The number of hydrogen-bond donors (Lipinski definition) is 2. The van der Waals surface area contributed by atoms with Gasteiger partial charge in [0.05, 0.1) is 12.1 Å². The molecule has 1 aromatic carbocycles. The van der Waals surface area contributed by atoms with Crippen LogP contribution in [0.1, 0.15) is 18.9 Å². The Morgan fingerprint density at radius 3 is 2.70 bits per heavy atom. The Hall–Kier alpha value is -1.09. The molecule has 0 aliphatic carbocycles. The first-order chi connectivity index (χ1) is 9.35. The fourth-order valence-electron chi connectivity index (χ4n) is 2.08. The van der Waals surface area contributed by atoms with Crippen LogP contribution in [0, 0.1) is 11.6 Å². The summed E-state index contributed by atoms with van der Waals surface area (Å²) in [6.45, 7) is 2.06. The third-order valence-corrected chi connectivity index (χ3v) is 4.75. The van der Waals surface area contributed by atoms with Gasteiger partial charge in [0, 0.05) is 13.2 Å². The fourth-order valence-corrected chi connectivity index (χ4v) is 3.55. The highest BCUT2D eigenvalue weighted by molar-refractivity contribution is 7.89. The van der Waals surface area contributed by atoms with Gasteiger partial charge in [0.2, 0.25) is 10.0 Å². The van der Waals surface area contributed by atoms with E-state index in [1.807, 2.05) is 0 Å². The minimum absolute atomic E-state index is 0.0807. The smallest absolute Gasteiger partial charge is 0.243 e. The lowest BCUT2D eigenvalue weighted by molar-refractivity contribution is 0.117. The highest BCUT2D eigenvalue weighted by atomic mass is 32.2. The predicted octanol–water partition coefficient (Wildman–Crippen LogP) is 0.879. The first-order valence-corrected chi connectivity index (χ1v) is 7.65. The van der Waals surface area contributed by atoms with Crippen LogP contribution in [0.3, 0.4) is 0 Å². The summed E-state index contributed by atoms with van der Waals surface area (Å²) in [5.74, 6) is -2.63. The first-order valence-electron chi connectivity index (χ1n) is 6.17. The molecule has 1 saturated heterocycles. The molecule has 2 unspecified atom stereocenters. The molecule has 0 bridgehead atoms. The lowest BCUT2D eigenvalue weighted by Crippen LogP contribution is -2.39. The SMILES string of the molecule is CC1OCCC1NS(=O)(=O)c1cc(CN)cc(F)c1F. The highest BCUT2D eigenvalue weighted by Gasteiger charge is 2.31. The van der Waals surface area contributed by atoms with Gasteiger partial charge in [-0.3, -0.25) is 0 Å². The van der Waals surface area contributed by atoms with E-state index in [9.17, 15) is 17.2 Å². The molecular formula is C12H16F2N2O3S. The maximum absolute atomic E-state index is 13.7. The number of halogens is 2. The normalized spacial score (nSPS) is 23.2. The first kappa shape index (κ1) is 15.3. The lowest BCUT2D eigenvalue weighted by atomic mass is 10.2. The Morgan fingerprint density at radius 1 is 1.45 bits per heavy atom. The number of nitrogens with one attached hydrogen (secondary N) is 1. The zero-order valence-electron chi connectivity index (χ0n) is 10.9. The highest BCUT2D eigenvalue weighted by Crippen LogP contribution is 2.22. The van der Waals surface area contributed by atoms with Crippen molar-refractivity contribution in [3.05, 3.63) is 29.3 Å². The molecule has 0 saturated carbocycles.